The molecule has 0 aliphatic carbocycles. The fourth-order valence-electron chi connectivity index (χ4n) is 3.62. The van der Waals surface area contributed by atoms with E-state index in [1.165, 1.54) is 29.2 Å². The highest BCUT2D eigenvalue weighted by Gasteiger charge is 2.29. The monoisotopic (exact) mass is 284 g/mol. The molecule has 1 heterocycles. The first-order valence-electron chi connectivity index (χ1n) is 7.77. The lowest BCUT2D eigenvalue weighted by atomic mass is 9.96. The van der Waals surface area contributed by atoms with Gasteiger partial charge < -0.3 is 10.5 Å². The second-order valence-electron chi connectivity index (χ2n) is 5.88. The van der Waals surface area contributed by atoms with Crippen molar-refractivity contribution in [3.8, 4) is 5.75 Å². The van der Waals surface area contributed by atoms with Crippen molar-refractivity contribution in [3.05, 3.63) is 42.0 Å². The maximum absolute atomic E-state index is 6.14. The first kappa shape index (κ1) is 14.4. The van der Waals surface area contributed by atoms with Gasteiger partial charge in [-0.05, 0) is 43.3 Å². The molecule has 0 radical (unpaired) electrons. The van der Waals surface area contributed by atoms with Gasteiger partial charge in [-0.1, -0.05) is 30.3 Å². The number of rotatable bonds is 4. The van der Waals surface area contributed by atoms with E-state index in [4.69, 9.17) is 10.5 Å². The van der Waals surface area contributed by atoms with Crippen molar-refractivity contribution >= 4 is 10.8 Å². The third-order valence-corrected chi connectivity index (χ3v) is 4.72. The maximum Gasteiger partial charge on any atom is 0.126 e. The van der Waals surface area contributed by atoms with Gasteiger partial charge in [-0.15, -0.1) is 0 Å². The van der Waals surface area contributed by atoms with Crippen molar-refractivity contribution in [2.45, 2.75) is 31.8 Å². The fraction of sp³-hybridized carbons (Fsp3) is 0.444. The van der Waals surface area contributed by atoms with Gasteiger partial charge >= 0.3 is 0 Å². The van der Waals surface area contributed by atoms with Gasteiger partial charge in [0.2, 0.25) is 0 Å². The molecule has 0 aromatic heterocycles. The Labute approximate surface area is 126 Å². The van der Waals surface area contributed by atoms with Gasteiger partial charge in [-0.2, -0.15) is 0 Å². The van der Waals surface area contributed by atoms with E-state index in [1.54, 1.807) is 7.11 Å². The standard InChI is InChI=1S/C18H24N2O/c1-13-6-5-11-20(13)17(12-19)15-9-10-18(21-2)16-8-4-3-7-14(15)16/h3-4,7-10,13,17H,5-6,11-12,19H2,1-2H3. The molecule has 3 rings (SSSR count). The van der Waals surface area contributed by atoms with Crippen molar-refractivity contribution in [1.82, 2.24) is 4.90 Å². The quantitative estimate of drug-likeness (QED) is 0.936. The molecular formula is C18H24N2O. The summed E-state index contributed by atoms with van der Waals surface area (Å²) in [6.45, 7) is 4.10. The SMILES string of the molecule is COc1ccc(C(CN)N2CCCC2C)c2ccccc12. The average molecular weight is 284 g/mol. The van der Waals surface area contributed by atoms with E-state index in [0.29, 0.717) is 18.6 Å². The number of nitrogens with two attached hydrogens (primary N) is 1. The molecule has 3 nitrogen and oxygen atoms in total. The number of likely N-dealkylation sites (tertiary alicyclic amines) is 1. The van der Waals surface area contributed by atoms with Crippen molar-refractivity contribution < 1.29 is 4.74 Å². The van der Waals surface area contributed by atoms with Crippen molar-refractivity contribution in [3.63, 3.8) is 0 Å². The normalized spacial score (nSPS) is 20.8. The number of ether oxygens (including phenoxy) is 1. The minimum absolute atomic E-state index is 0.290. The van der Waals surface area contributed by atoms with Gasteiger partial charge in [0.1, 0.15) is 5.75 Å². The minimum Gasteiger partial charge on any atom is -0.496 e. The van der Waals surface area contributed by atoms with Crippen LogP contribution in [-0.2, 0) is 0 Å². The first-order valence-corrected chi connectivity index (χ1v) is 7.77. The Balaban J connectivity index is 2.10. The molecule has 2 aromatic carbocycles. The number of fused-ring (bicyclic) bond motifs is 1. The third kappa shape index (κ3) is 2.52. The number of hydrogen-bond acceptors (Lipinski definition) is 3. The molecule has 1 saturated heterocycles. The number of hydrogen-bond donors (Lipinski definition) is 1. The summed E-state index contributed by atoms with van der Waals surface area (Å²) in [5, 5.41) is 2.43. The average Bonchev–Trinajstić information content (AvgIpc) is 2.94. The van der Waals surface area contributed by atoms with Crippen molar-refractivity contribution in [2.24, 2.45) is 5.73 Å². The predicted octanol–water partition coefficient (Wildman–Crippen LogP) is 3.33. The Bertz CT molecular complexity index is 626. The maximum atomic E-state index is 6.14. The Kier molecular flexibility index (Phi) is 4.13. The van der Waals surface area contributed by atoms with Crippen molar-refractivity contribution in [2.75, 3.05) is 20.2 Å². The minimum atomic E-state index is 0.290. The molecule has 1 aliphatic rings. The molecule has 112 valence electrons. The summed E-state index contributed by atoms with van der Waals surface area (Å²) in [5.41, 5.74) is 7.46. The summed E-state index contributed by atoms with van der Waals surface area (Å²) in [5.74, 6) is 0.930. The predicted molar refractivity (Wildman–Crippen MR) is 87.7 cm³/mol. The summed E-state index contributed by atoms with van der Waals surface area (Å²) in [4.78, 5) is 2.55. The van der Waals surface area contributed by atoms with Gasteiger partial charge in [0.15, 0.2) is 0 Å². The van der Waals surface area contributed by atoms with Gasteiger partial charge in [0, 0.05) is 24.0 Å². The molecule has 2 atom stereocenters. The summed E-state index contributed by atoms with van der Waals surface area (Å²) in [6.07, 6.45) is 2.54. The Morgan fingerprint density at radius 1 is 1.24 bits per heavy atom. The van der Waals surface area contributed by atoms with Crippen LogP contribution in [0.5, 0.6) is 5.75 Å². The van der Waals surface area contributed by atoms with E-state index in [1.807, 2.05) is 0 Å². The van der Waals surface area contributed by atoms with Crippen LogP contribution >= 0.6 is 0 Å². The lowest BCUT2D eigenvalue weighted by Gasteiger charge is -2.31. The Hall–Kier alpha value is -1.58. The topological polar surface area (TPSA) is 38.5 Å². The van der Waals surface area contributed by atoms with Gasteiger partial charge in [0.25, 0.3) is 0 Å². The van der Waals surface area contributed by atoms with Crippen LogP contribution in [0.1, 0.15) is 31.4 Å². The van der Waals surface area contributed by atoms with Gasteiger partial charge in [-0.3, -0.25) is 4.90 Å². The Morgan fingerprint density at radius 2 is 2.00 bits per heavy atom. The van der Waals surface area contributed by atoms with Crippen molar-refractivity contribution in [1.29, 1.82) is 0 Å². The zero-order valence-corrected chi connectivity index (χ0v) is 12.9. The number of benzene rings is 2. The van der Waals surface area contributed by atoms with Crippen LogP contribution in [0.25, 0.3) is 10.8 Å². The number of nitrogens with zero attached hydrogens (tertiary/aromatic N) is 1. The molecule has 0 amide bonds. The molecule has 2 unspecified atom stereocenters. The van der Waals surface area contributed by atoms with E-state index >= 15 is 0 Å². The van der Waals surface area contributed by atoms with Crippen LogP contribution in [0.3, 0.4) is 0 Å². The van der Waals surface area contributed by atoms with Crippen LogP contribution in [0, 0.1) is 0 Å². The van der Waals surface area contributed by atoms with Gasteiger partial charge in [-0.25, -0.2) is 0 Å². The Morgan fingerprint density at radius 3 is 2.62 bits per heavy atom. The largest absolute Gasteiger partial charge is 0.496 e. The van der Waals surface area contributed by atoms with E-state index in [-0.39, 0.29) is 0 Å². The molecule has 2 aromatic rings. The summed E-state index contributed by atoms with van der Waals surface area (Å²) in [7, 11) is 1.73. The zero-order chi connectivity index (χ0) is 14.8. The highest BCUT2D eigenvalue weighted by molar-refractivity contribution is 5.91. The summed E-state index contributed by atoms with van der Waals surface area (Å²) < 4.78 is 5.50. The molecule has 0 spiro atoms. The highest BCUT2D eigenvalue weighted by atomic mass is 16.5. The molecule has 3 heteroatoms. The highest BCUT2D eigenvalue weighted by Crippen LogP contribution is 2.36. The van der Waals surface area contributed by atoms with Crippen LogP contribution in [-0.4, -0.2) is 31.1 Å². The fourth-order valence-corrected chi connectivity index (χ4v) is 3.62. The summed E-state index contributed by atoms with van der Waals surface area (Å²) >= 11 is 0. The number of methoxy groups -OCH3 is 1. The second-order valence-corrected chi connectivity index (χ2v) is 5.88. The molecule has 21 heavy (non-hydrogen) atoms. The summed E-state index contributed by atoms with van der Waals surface area (Å²) in [6, 6.07) is 13.6. The van der Waals surface area contributed by atoms with E-state index in [2.05, 4.69) is 48.2 Å². The zero-order valence-electron chi connectivity index (χ0n) is 12.9. The second kappa shape index (κ2) is 6.04. The van der Waals surface area contributed by atoms with Crippen LogP contribution < -0.4 is 10.5 Å². The molecule has 1 fully saturated rings. The van der Waals surface area contributed by atoms with Gasteiger partial charge in [0.05, 0.1) is 7.11 Å². The van der Waals surface area contributed by atoms with E-state index < -0.39 is 0 Å². The van der Waals surface area contributed by atoms with E-state index in [0.717, 1.165) is 12.3 Å². The first-order chi connectivity index (χ1) is 10.3. The molecule has 2 N–H and O–H groups in total. The van der Waals surface area contributed by atoms with E-state index in [9.17, 15) is 0 Å². The lowest BCUT2D eigenvalue weighted by Crippen LogP contribution is -2.36. The molecule has 0 saturated carbocycles. The van der Waals surface area contributed by atoms with Crippen LogP contribution in [0.4, 0.5) is 0 Å². The van der Waals surface area contributed by atoms with Crippen LogP contribution in [0.2, 0.25) is 0 Å². The molecule has 0 bridgehead atoms. The molecule has 1 aliphatic heterocycles. The molecular weight excluding hydrogens is 260 g/mol. The van der Waals surface area contributed by atoms with Crippen LogP contribution in [0.15, 0.2) is 36.4 Å². The lowest BCUT2D eigenvalue weighted by molar-refractivity contribution is 0.196. The third-order valence-electron chi connectivity index (χ3n) is 4.72. The smallest absolute Gasteiger partial charge is 0.126 e.